The lowest BCUT2D eigenvalue weighted by Crippen LogP contribution is -2.40. The molecule has 0 radical (unpaired) electrons. The molecule has 0 aliphatic carbocycles. The molecular weight excluding hydrogens is 202 g/mol. The molecule has 1 aromatic heterocycles. The fourth-order valence-corrected chi connectivity index (χ4v) is 1.65. The lowest BCUT2D eigenvalue weighted by Gasteiger charge is -2.30. The topological polar surface area (TPSA) is 47.0 Å². The van der Waals surface area contributed by atoms with Gasteiger partial charge in [0, 0.05) is 24.2 Å². The Labute approximate surface area is 97.5 Å². The SMILES string of the molecule is CNC(Cc1cc(OC)ncn1)C(C)(C)C. The maximum Gasteiger partial charge on any atom is 0.216 e. The van der Waals surface area contributed by atoms with E-state index in [4.69, 9.17) is 4.74 Å². The number of likely N-dealkylation sites (N-methyl/N-ethyl adjacent to an activating group) is 1. The molecule has 1 rings (SSSR count). The van der Waals surface area contributed by atoms with Crippen molar-refractivity contribution in [3.63, 3.8) is 0 Å². The molecule has 0 aliphatic heterocycles. The van der Waals surface area contributed by atoms with Crippen LogP contribution in [0.15, 0.2) is 12.4 Å². The minimum atomic E-state index is 0.201. The second-order valence-electron chi connectivity index (χ2n) is 4.96. The number of ether oxygens (including phenoxy) is 1. The highest BCUT2D eigenvalue weighted by molar-refractivity contribution is 5.14. The molecule has 1 aromatic rings. The third-order valence-corrected chi connectivity index (χ3v) is 2.71. The summed E-state index contributed by atoms with van der Waals surface area (Å²) in [6.07, 6.45) is 2.42. The van der Waals surface area contributed by atoms with E-state index >= 15 is 0 Å². The van der Waals surface area contributed by atoms with E-state index in [1.807, 2.05) is 13.1 Å². The van der Waals surface area contributed by atoms with E-state index in [1.54, 1.807) is 13.4 Å². The smallest absolute Gasteiger partial charge is 0.216 e. The van der Waals surface area contributed by atoms with Gasteiger partial charge in [-0.05, 0) is 12.5 Å². The van der Waals surface area contributed by atoms with Crippen molar-refractivity contribution >= 4 is 0 Å². The average molecular weight is 223 g/mol. The molecule has 0 saturated heterocycles. The molecule has 1 heterocycles. The molecule has 0 aromatic carbocycles. The number of aromatic nitrogens is 2. The largest absolute Gasteiger partial charge is 0.481 e. The third kappa shape index (κ3) is 3.45. The molecule has 0 bridgehead atoms. The van der Waals surface area contributed by atoms with Crippen LogP contribution in [-0.2, 0) is 6.42 Å². The Balaban J connectivity index is 2.78. The highest BCUT2D eigenvalue weighted by atomic mass is 16.5. The van der Waals surface area contributed by atoms with E-state index in [2.05, 4.69) is 36.1 Å². The van der Waals surface area contributed by atoms with E-state index in [1.165, 1.54) is 0 Å². The monoisotopic (exact) mass is 223 g/mol. The Morgan fingerprint density at radius 1 is 1.38 bits per heavy atom. The molecule has 0 aliphatic rings. The summed E-state index contributed by atoms with van der Waals surface area (Å²) in [5, 5.41) is 3.33. The van der Waals surface area contributed by atoms with Gasteiger partial charge in [0.2, 0.25) is 5.88 Å². The van der Waals surface area contributed by atoms with Gasteiger partial charge in [-0.15, -0.1) is 0 Å². The van der Waals surface area contributed by atoms with Gasteiger partial charge in [0.25, 0.3) is 0 Å². The van der Waals surface area contributed by atoms with Crippen LogP contribution < -0.4 is 10.1 Å². The summed E-state index contributed by atoms with van der Waals surface area (Å²) < 4.78 is 5.08. The summed E-state index contributed by atoms with van der Waals surface area (Å²) in [4.78, 5) is 8.26. The van der Waals surface area contributed by atoms with Crippen LogP contribution in [0.5, 0.6) is 5.88 Å². The Morgan fingerprint density at radius 2 is 2.06 bits per heavy atom. The number of nitrogens with zero attached hydrogens (tertiary/aromatic N) is 2. The van der Waals surface area contributed by atoms with Crippen LogP contribution >= 0.6 is 0 Å². The van der Waals surface area contributed by atoms with Crippen molar-refractivity contribution in [2.75, 3.05) is 14.2 Å². The van der Waals surface area contributed by atoms with E-state index in [0.29, 0.717) is 11.9 Å². The molecule has 90 valence electrons. The fraction of sp³-hybridized carbons (Fsp3) is 0.667. The maximum atomic E-state index is 5.08. The van der Waals surface area contributed by atoms with Crippen LogP contribution in [0.4, 0.5) is 0 Å². The van der Waals surface area contributed by atoms with Crippen molar-refractivity contribution in [1.82, 2.24) is 15.3 Å². The zero-order valence-electron chi connectivity index (χ0n) is 10.7. The first-order chi connectivity index (χ1) is 7.47. The van der Waals surface area contributed by atoms with Gasteiger partial charge in [-0.2, -0.15) is 0 Å². The fourth-order valence-electron chi connectivity index (χ4n) is 1.65. The Bertz CT molecular complexity index is 333. The van der Waals surface area contributed by atoms with Crippen LogP contribution in [0.3, 0.4) is 0 Å². The molecule has 4 heteroatoms. The number of methoxy groups -OCH3 is 1. The van der Waals surface area contributed by atoms with Crippen molar-refractivity contribution in [1.29, 1.82) is 0 Å². The molecule has 4 nitrogen and oxygen atoms in total. The van der Waals surface area contributed by atoms with Gasteiger partial charge in [-0.3, -0.25) is 0 Å². The van der Waals surface area contributed by atoms with Crippen LogP contribution in [-0.4, -0.2) is 30.2 Å². The lowest BCUT2D eigenvalue weighted by molar-refractivity contribution is 0.278. The van der Waals surface area contributed by atoms with Gasteiger partial charge >= 0.3 is 0 Å². The predicted octanol–water partition coefficient (Wildman–Crippen LogP) is 1.66. The molecule has 1 atom stereocenters. The summed E-state index contributed by atoms with van der Waals surface area (Å²) >= 11 is 0. The van der Waals surface area contributed by atoms with Gasteiger partial charge in [0.15, 0.2) is 0 Å². The first-order valence-corrected chi connectivity index (χ1v) is 5.49. The normalized spacial score (nSPS) is 13.6. The first-order valence-electron chi connectivity index (χ1n) is 5.49. The van der Waals surface area contributed by atoms with E-state index in [9.17, 15) is 0 Å². The van der Waals surface area contributed by atoms with E-state index in [0.717, 1.165) is 12.1 Å². The summed E-state index contributed by atoms with van der Waals surface area (Å²) in [5.41, 5.74) is 1.20. The van der Waals surface area contributed by atoms with Crippen molar-refractivity contribution in [3.05, 3.63) is 18.1 Å². The Morgan fingerprint density at radius 3 is 2.56 bits per heavy atom. The summed E-state index contributed by atoms with van der Waals surface area (Å²) in [5.74, 6) is 0.619. The van der Waals surface area contributed by atoms with Crippen molar-refractivity contribution in [2.24, 2.45) is 5.41 Å². The van der Waals surface area contributed by atoms with E-state index in [-0.39, 0.29) is 5.41 Å². The molecular formula is C12H21N3O. The summed E-state index contributed by atoms with van der Waals surface area (Å²) in [7, 11) is 3.60. The first kappa shape index (κ1) is 12.9. The minimum absolute atomic E-state index is 0.201. The van der Waals surface area contributed by atoms with Crippen LogP contribution in [0, 0.1) is 5.41 Å². The number of nitrogens with one attached hydrogen (secondary N) is 1. The summed E-state index contributed by atoms with van der Waals surface area (Å²) in [6.45, 7) is 6.64. The number of hydrogen-bond donors (Lipinski definition) is 1. The maximum absolute atomic E-state index is 5.08. The van der Waals surface area contributed by atoms with Gasteiger partial charge in [0.05, 0.1) is 7.11 Å². The predicted molar refractivity (Wildman–Crippen MR) is 64.6 cm³/mol. The number of hydrogen-bond acceptors (Lipinski definition) is 4. The minimum Gasteiger partial charge on any atom is -0.481 e. The van der Waals surface area contributed by atoms with Crippen LogP contribution in [0.25, 0.3) is 0 Å². The molecule has 1 N–H and O–H groups in total. The van der Waals surface area contributed by atoms with E-state index < -0.39 is 0 Å². The average Bonchev–Trinajstić information content (AvgIpc) is 2.24. The second kappa shape index (κ2) is 5.25. The van der Waals surface area contributed by atoms with Gasteiger partial charge < -0.3 is 10.1 Å². The van der Waals surface area contributed by atoms with Crippen LogP contribution in [0.2, 0.25) is 0 Å². The number of rotatable bonds is 4. The van der Waals surface area contributed by atoms with Crippen molar-refractivity contribution in [3.8, 4) is 5.88 Å². The standard InChI is InChI=1S/C12H21N3O/c1-12(2,3)10(13-4)6-9-7-11(16-5)15-8-14-9/h7-8,10,13H,6H2,1-5H3. The highest BCUT2D eigenvalue weighted by Gasteiger charge is 2.23. The quantitative estimate of drug-likeness (QED) is 0.843. The molecule has 0 spiro atoms. The Hall–Kier alpha value is -1.16. The molecule has 16 heavy (non-hydrogen) atoms. The zero-order valence-corrected chi connectivity index (χ0v) is 10.7. The highest BCUT2D eigenvalue weighted by Crippen LogP contribution is 2.22. The molecule has 0 saturated carbocycles. The van der Waals surface area contributed by atoms with Gasteiger partial charge in [-0.25, -0.2) is 9.97 Å². The lowest BCUT2D eigenvalue weighted by atomic mass is 9.84. The molecule has 1 unspecified atom stereocenters. The van der Waals surface area contributed by atoms with Crippen molar-refractivity contribution < 1.29 is 4.74 Å². The van der Waals surface area contributed by atoms with Gasteiger partial charge in [0.1, 0.15) is 6.33 Å². The van der Waals surface area contributed by atoms with Gasteiger partial charge in [-0.1, -0.05) is 20.8 Å². The summed E-state index contributed by atoms with van der Waals surface area (Å²) in [6, 6.07) is 2.27. The third-order valence-electron chi connectivity index (χ3n) is 2.71. The molecule has 0 amide bonds. The zero-order chi connectivity index (χ0) is 12.2. The van der Waals surface area contributed by atoms with Crippen molar-refractivity contribution in [2.45, 2.75) is 33.2 Å². The second-order valence-corrected chi connectivity index (χ2v) is 4.96. The molecule has 0 fully saturated rings. The Kier molecular flexibility index (Phi) is 4.24. The van der Waals surface area contributed by atoms with Crippen LogP contribution in [0.1, 0.15) is 26.5 Å².